The van der Waals surface area contributed by atoms with Crippen LogP contribution in [0.2, 0.25) is 0 Å². The smallest absolute Gasteiger partial charge is 0.123 e. The molecular weight excluding hydrogens is 217 g/mol. The first-order chi connectivity index (χ1) is 8.08. The molecule has 1 aromatic carbocycles. The van der Waals surface area contributed by atoms with E-state index in [1.54, 1.807) is 12.3 Å². The van der Waals surface area contributed by atoms with Crippen LogP contribution >= 0.6 is 0 Å². The molecule has 3 nitrogen and oxygen atoms in total. The van der Waals surface area contributed by atoms with E-state index < -0.39 is 0 Å². The molecule has 2 rings (SSSR count). The number of imidazole rings is 1. The molecule has 0 fully saturated rings. The van der Waals surface area contributed by atoms with Gasteiger partial charge in [-0.2, -0.15) is 0 Å². The number of benzene rings is 1. The number of aromatic nitrogens is 2. The Bertz CT molecular complexity index is 517. The van der Waals surface area contributed by atoms with Crippen molar-refractivity contribution in [1.29, 1.82) is 0 Å². The second-order valence-electron chi connectivity index (χ2n) is 4.30. The van der Waals surface area contributed by atoms with E-state index in [2.05, 4.69) is 4.98 Å². The van der Waals surface area contributed by atoms with Crippen molar-refractivity contribution in [2.45, 2.75) is 26.3 Å². The monoisotopic (exact) mass is 233 g/mol. The molecule has 1 atom stereocenters. The zero-order valence-electron chi connectivity index (χ0n) is 10.0. The predicted octanol–water partition coefficient (Wildman–Crippen LogP) is 2.21. The van der Waals surface area contributed by atoms with Crippen LogP contribution in [0.1, 0.15) is 18.3 Å². The summed E-state index contributed by atoms with van der Waals surface area (Å²) in [5.41, 5.74) is 7.63. The SMILES string of the molecule is Cc1nccn1-c1ccc(F)cc1CC(C)N. The molecule has 1 unspecified atom stereocenters. The first kappa shape index (κ1) is 11.8. The van der Waals surface area contributed by atoms with Crippen LogP contribution < -0.4 is 5.73 Å². The van der Waals surface area contributed by atoms with Crippen molar-refractivity contribution in [2.24, 2.45) is 5.73 Å². The van der Waals surface area contributed by atoms with Crippen LogP contribution in [-0.4, -0.2) is 15.6 Å². The number of halogens is 1. The molecule has 0 bridgehead atoms. The summed E-state index contributed by atoms with van der Waals surface area (Å²) in [7, 11) is 0. The zero-order valence-corrected chi connectivity index (χ0v) is 10.0. The molecule has 0 aliphatic heterocycles. The number of rotatable bonds is 3. The van der Waals surface area contributed by atoms with Crippen molar-refractivity contribution in [3.8, 4) is 5.69 Å². The van der Waals surface area contributed by atoms with Gasteiger partial charge >= 0.3 is 0 Å². The Morgan fingerprint density at radius 2 is 2.24 bits per heavy atom. The van der Waals surface area contributed by atoms with E-state index in [4.69, 9.17) is 5.73 Å². The van der Waals surface area contributed by atoms with Crippen molar-refractivity contribution >= 4 is 0 Å². The summed E-state index contributed by atoms with van der Waals surface area (Å²) in [5.74, 6) is 0.643. The summed E-state index contributed by atoms with van der Waals surface area (Å²) in [4.78, 5) is 4.17. The molecule has 17 heavy (non-hydrogen) atoms. The van der Waals surface area contributed by atoms with E-state index in [1.807, 2.05) is 24.6 Å². The van der Waals surface area contributed by atoms with Gasteiger partial charge in [-0.25, -0.2) is 9.37 Å². The zero-order chi connectivity index (χ0) is 12.4. The third-order valence-corrected chi connectivity index (χ3v) is 2.67. The summed E-state index contributed by atoms with van der Waals surface area (Å²) in [5, 5.41) is 0. The van der Waals surface area contributed by atoms with Crippen LogP contribution in [0.4, 0.5) is 4.39 Å². The van der Waals surface area contributed by atoms with Crippen molar-refractivity contribution in [3.63, 3.8) is 0 Å². The molecule has 90 valence electrons. The maximum Gasteiger partial charge on any atom is 0.123 e. The molecule has 0 aliphatic rings. The third kappa shape index (κ3) is 2.53. The molecule has 0 saturated heterocycles. The first-order valence-corrected chi connectivity index (χ1v) is 5.62. The molecular formula is C13H16FN3. The van der Waals surface area contributed by atoms with E-state index >= 15 is 0 Å². The van der Waals surface area contributed by atoms with E-state index in [0.717, 1.165) is 17.1 Å². The van der Waals surface area contributed by atoms with Crippen LogP contribution in [-0.2, 0) is 6.42 Å². The van der Waals surface area contributed by atoms with Crippen LogP contribution in [0.3, 0.4) is 0 Å². The molecule has 1 heterocycles. The van der Waals surface area contributed by atoms with Crippen molar-refractivity contribution in [1.82, 2.24) is 9.55 Å². The number of nitrogens with zero attached hydrogens (tertiary/aromatic N) is 2. The summed E-state index contributed by atoms with van der Waals surface area (Å²) in [6.45, 7) is 3.83. The molecule has 2 aromatic rings. The summed E-state index contributed by atoms with van der Waals surface area (Å²) < 4.78 is 15.2. The minimum Gasteiger partial charge on any atom is -0.328 e. The van der Waals surface area contributed by atoms with Crippen LogP contribution in [0.5, 0.6) is 0 Å². The molecule has 0 amide bonds. The summed E-state index contributed by atoms with van der Waals surface area (Å²) in [6, 6.07) is 4.76. The Morgan fingerprint density at radius 1 is 1.47 bits per heavy atom. The fraction of sp³-hybridized carbons (Fsp3) is 0.308. The molecule has 4 heteroatoms. The first-order valence-electron chi connectivity index (χ1n) is 5.62. The van der Waals surface area contributed by atoms with Gasteiger partial charge in [0.15, 0.2) is 0 Å². The average molecular weight is 233 g/mol. The van der Waals surface area contributed by atoms with E-state index in [-0.39, 0.29) is 11.9 Å². The standard InChI is InChI=1S/C13H16FN3/c1-9(15)7-11-8-12(14)3-4-13(11)17-6-5-16-10(17)2/h3-6,8-9H,7,15H2,1-2H3. The van der Waals surface area contributed by atoms with E-state index in [1.165, 1.54) is 12.1 Å². The van der Waals surface area contributed by atoms with Crippen molar-refractivity contribution < 1.29 is 4.39 Å². The van der Waals surface area contributed by atoms with E-state index in [0.29, 0.717) is 6.42 Å². The van der Waals surface area contributed by atoms with Gasteiger partial charge in [-0.3, -0.25) is 0 Å². The largest absolute Gasteiger partial charge is 0.328 e. The number of aryl methyl sites for hydroxylation is 1. The van der Waals surface area contributed by atoms with Gasteiger partial charge in [-0.15, -0.1) is 0 Å². The Balaban J connectivity index is 2.50. The molecule has 0 spiro atoms. The highest BCUT2D eigenvalue weighted by Crippen LogP contribution is 2.19. The van der Waals surface area contributed by atoms with Crippen molar-refractivity contribution in [3.05, 3.63) is 47.8 Å². The molecule has 2 N–H and O–H groups in total. The predicted molar refractivity (Wildman–Crippen MR) is 65.6 cm³/mol. The highest BCUT2D eigenvalue weighted by atomic mass is 19.1. The Hall–Kier alpha value is -1.68. The Morgan fingerprint density at radius 3 is 2.82 bits per heavy atom. The highest BCUT2D eigenvalue weighted by molar-refractivity contribution is 5.42. The number of hydrogen-bond donors (Lipinski definition) is 1. The lowest BCUT2D eigenvalue weighted by atomic mass is 10.1. The lowest BCUT2D eigenvalue weighted by Crippen LogP contribution is -2.19. The highest BCUT2D eigenvalue weighted by Gasteiger charge is 2.09. The molecule has 0 saturated carbocycles. The Labute approximate surface area is 100 Å². The lowest BCUT2D eigenvalue weighted by Gasteiger charge is -2.13. The van der Waals surface area contributed by atoms with Crippen LogP contribution in [0.25, 0.3) is 5.69 Å². The van der Waals surface area contributed by atoms with Gasteiger partial charge in [0.25, 0.3) is 0 Å². The lowest BCUT2D eigenvalue weighted by molar-refractivity contribution is 0.621. The molecule has 0 radical (unpaired) electrons. The van der Waals surface area contributed by atoms with Crippen LogP contribution in [0, 0.1) is 12.7 Å². The fourth-order valence-electron chi connectivity index (χ4n) is 1.93. The maximum absolute atomic E-state index is 13.3. The third-order valence-electron chi connectivity index (χ3n) is 2.67. The summed E-state index contributed by atoms with van der Waals surface area (Å²) in [6.07, 6.45) is 4.24. The van der Waals surface area contributed by atoms with Gasteiger partial charge in [0.1, 0.15) is 11.6 Å². The minimum absolute atomic E-state index is 0.000576. The number of nitrogens with two attached hydrogens (primary N) is 1. The van der Waals surface area contributed by atoms with Gasteiger partial charge < -0.3 is 10.3 Å². The van der Waals surface area contributed by atoms with Gasteiger partial charge in [0.2, 0.25) is 0 Å². The van der Waals surface area contributed by atoms with Crippen molar-refractivity contribution in [2.75, 3.05) is 0 Å². The van der Waals surface area contributed by atoms with Gasteiger partial charge in [0, 0.05) is 18.4 Å². The van der Waals surface area contributed by atoms with Gasteiger partial charge in [0.05, 0.1) is 5.69 Å². The number of hydrogen-bond acceptors (Lipinski definition) is 2. The normalized spacial score (nSPS) is 12.7. The van der Waals surface area contributed by atoms with Gasteiger partial charge in [-0.1, -0.05) is 0 Å². The second-order valence-corrected chi connectivity index (χ2v) is 4.30. The van der Waals surface area contributed by atoms with Crippen LogP contribution in [0.15, 0.2) is 30.6 Å². The summed E-state index contributed by atoms with van der Waals surface area (Å²) >= 11 is 0. The topological polar surface area (TPSA) is 43.8 Å². The fourth-order valence-corrected chi connectivity index (χ4v) is 1.93. The van der Waals surface area contributed by atoms with E-state index in [9.17, 15) is 4.39 Å². The Kier molecular flexibility index (Phi) is 3.24. The quantitative estimate of drug-likeness (QED) is 0.883. The van der Waals surface area contributed by atoms with Gasteiger partial charge in [-0.05, 0) is 44.0 Å². The maximum atomic E-state index is 13.3. The average Bonchev–Trinajstić information content (AvgIpc) is 2.64. The molecule has 1 aromatic heterocycles. The second kappa shape index (κ2) is 4.67. The molecule has 0 aliphatic carbocycles. The minimum atomic E-state index is -0.234.